The molecule has 0 fully saturated rings. The van der Waals surface area contributed by atoms with Gasteiger partial charge in [-0.1, -0.05) is 0 Å². The van der Waals surface area contributed by atoms with E-state index in [9.17, 15) is 4.79 Å². The summed E-state index contributed by atoms with van der Waals surface area (Å²) >= 11 is 1.72. The summed E-state index contributed by atoms with van der Waals surface area (Å²) in [5.74, 6) is 1.44. The molecule has 1 unspecified atom stereocenters. The second-order valence-electron chi connectivity index (χ2n) is 6.65. The number of anilines is 1. The second-order valence-corrected chi connectivity index (χ2v) is 7.75. The van der Waals surface area contributed by atoms with Crippen LogP contribution in [-0.2, 0) is 13.0 Å². The van der Waals surface area contributed by atoms with Crippen LogP contribution in [0.1, 0.15) is 39.5 Å². The lowest BCUT2D eigenvalue weighted by Crippen LogP contribution is -3.11. The molecule has 0 spiro atoms. The highest BCUT2D eigenvalue weighted by Gasteiger charge is 2.35. The molecule has 6 nitrogen and oxygen atoms in total. The maximum absolute atomic E-state index is 12.9. The Balaban J connectivity index is 1.69. The van der Waals surface area contributed by atoms with Gasteiger partial charge < -0.3 is 25.0 Å². The molecule has 0 bridgehead atoms. The van der Waals surface area contributed by atoms with Gasteiger partial charge in [-0.15, -0.1) is 11.3 Å². The summed E-state index contributed by atoms with van der Waals surface area (Å²) in [4.78, 5) is 15.8. The Morgan fingerprint density at radius 3 is 2.85 bits per heavy atom. The lowest BCUT2D eigenvalue weighted by molar-refractivity contribution is -0.913. The van der Waals surface area contributed by atoms with Crippen molar-refractivity contribution in [2.75, 3.05) is 32.6 Å². The number of carbonyl (C=O) groups excluding carboxylic acids is 1. The standard InChI is InChI=1S/C19H23N3O3S/c1-4-22-8-7-12-15(10-22)26-19-16(12)18(23)20-17(21-19)13-9-11(24-2)5-6-14(13)25-3/h5-6,9,17,21H,4,7-8,10H2,1-3H3,(H,20,23)/p+1/t17-/m0/s1. The highest BCUT2D eigenvalue weighted by Crippen LogP contribution is 2.40. The molecular formula is C19H24N3O3S+. The van der Waals surface area contributed by atoms with Crippen LogP contribution in [0.3, 0.4) is 0 Å². The molecule has 2 aromatic rings. The van der Waals surface area contributed by atoms with Gasteiger partial charge in [0.15, 0.2) is 0 Å². The largest absolute Gasteiger partial charge is 0.497 e. The van der Waals surface area contributed by atoms with Gasteiger partial charge in [0.25, 0.3) is 5.91 Å². The average molecular weight is 374 g/mol. The number of amides is 1. The first-order valence-electron chi connectivity index (χ1n) is 8.92. The first kappa shape index (κ1) is 17.2. The normalized spacial score (nSPS) is 21.3. The third kappa shape index (κ3) is 2.81. The zero-order chi connectivity index (χ0) is 18.3. The number of thiophene rings is 1. The van der Waals surface area contributed by atoms with Gasteiger partial charge in [-0.05, 0) is 30.7 Å². The number of nitrogens with one attached hydrogen (secondary N) is 3. The first-order chi connectivity index (χ1) is 12.6. The molecule has 3 N–H and O–H groups in total. The monoisotopic (exact) mass is 374 g/mol. The van der Waals surface area contributed by atoms with Gasteiger partial charge in [-0.25, -0.2) is 0 Å². The van der Waals surface area contributed by atoms with Gasteiger partial charge in [0.05, 0.1) is 37.7 Å². The molecule has 0 aliphatic carbocycles. The van der Waals surface area contributed by atoms with E-state index in [2.05, 4.69) is 17.6 Å². The van der Waals surface area contributed by atoms with E-state index in [4.69, 9.17) is 9.47 Å². The topological polar surface area (TPSA) is 64.0 Å². The molecule has 0 saturated heterocycles. The lowest BCUT2D eigenvalue weighted by Gasteiger charge is -2.28. The Morgan fingerprint density at radius 2 is 2.12 bits per heavy atom. The van der Waals surface area contributed by atoms with Gasteiger partial charge in [0.1, 0.15) is 29.2 Å². The minimum absolute atomic E-state index is 0.00827. The quantitative estimate of drug-likeness (QED) is 0.760. The molecule has 4 rings (SSSR count). The summed E-state index contributed by atoms with van der Waals surface area (Å²) < 4.78 is 10.8. The third-order valence-corrected chi connectivity index (χ3v) is 6.42. The van der Waals surface area contributed by atoms with E-state index >= 15 is 0 Å². The number of fused-ring (bicyclic) bond motifs is 3. The minimum Gasteiger partial charge on any atom is -0.497 e. The molecule has 2 aliphatic rings. The molecule has 0 saturated carbocycles. The fraction of sp³-hybridized carbons (Fsp3) is 0.421. The molecule has 7 heteroatoms. The van der Waals surface area contributed by atoms with E-state index in [-0.39, 0.29) is 12.1 Å². The number of ether oxygens (including phenoxy) is 2. The number of hydrogen-bond donors (Lipinski definition) is 3. The predicted octanol–water partition coefficient (Wildman–Crippen LogP) is 1.58. The Kier molecular flexibility index (Phi) is 4.50. The van der Waals surface area contributed by atoms with Crippen LogP contribution < -0.4 is 25.0 Å². The van der Waals surface area contributed by atoms with Crippen molar-refractivity contribution < 1.29 is 19.2 Å². The maximum atomic E-state index is 12.9. The van der Waals surface area contributed by atoms with Crippen LogP contribution in [0.4, 0.5) is 5.00 Å². The second kappa shape index (κ2) is 6.81. The zero-order valence-corrected chi connectivity index (χ0v) is 16.1. The van der Waals surface area contributed by atoms with Crippen molar-refractivity contribution in [2.45, 2.75) is 26.1 Å². The fourth-order valence-corrected chi connectivity index (χ4v) is 5.12. The Labute approximate surface area is 157 Å². The number of benzene rings is 1. The maximum Gasteiger partial charge on any atom is 0.256 e. The van der Waals surface area contributed by atoms with Gasteiger partial charge in [-0.3, -0.25) is 4.79 Å². The molecule has 2 atom stereocenters. The highest BCUT2D eigenvalue weighted by molar-refractivity contribution is 7.16. The SMILES string of the molecule is CC[NH+]1CCc2c(sc3c2C(=O)N[C@H](c2cc(OC)ccc2OC)N3)C1. The summed E-state index contributed by atoms with van der Waals surface area (Å²) in [6.07, 6.45) is 0.627. The van der Waals surface area contributed by atoms with Gasteiger partial charge in [0.2, 0.25) is 0 Å². The Morgan fingerprint density at radius 1 is 1.27 bits per heavy atom. The molecule has 2 aliphatic heterocycles. The molecule has 1 aromatic heterocycles. The molecular weight excluding hydrogens is 350 g/mol. The van der Waals surface area contributed by atoms with Gasteiger partial charge in [-0.2, -0.15) is 0 Å². The molecule has 0 radical (unpaired) electrons. The van der Waals surface area contributed by atoms with Crippen LogP contribution in [0, 0.1) is 0 Å². The van der Waals surface area contributed by atoms with Crippen LogP contribution in [-0.4, -0.2) is 33.2 Å². The van der Waals surface area contributed by atoms with Gasteiger partial charge in [0, 0.05) is 12.0 Å². The summed E-state index contributed by atoms with van der Waals surface area (Å²) in [5.41, 5.74) is 2.92. The van der Waals surface area contributed by atoms with Crippen LogP contribution in [0.5, 0.6) is 11.5 Å². The van der Waals surface area contributed by atoms with Crippen molar-refractivity contribution in [3.8, 4) is 11.5 Å². The van der Waals surface area contributed by atoms with E-state index < -0.39 is 0 Å². The summed E-state index contributed by atoms with van der Waals surface area (Å²) in [7, 11) is 3.26. The van der Waals surface area contributed by atoms with Crippen molar-refractivity contribution in [3.05, 3.63) is 39.8 Å². The third-order valence-electron chi connectivity index (χ3n) is 5.26. The average Bonchev–Trinajstić information content (AvgIpc) is 3.05. The summed E-state index contributed by atoms with van der Waals surface area (Å²) in [6.45, 7) is 5.42. The van der Waals surface area contributed by atoms with E-state index in [0.29, 0.717) is 0 Å². The highest BCUT2D eigenvalue weighted by atomic mass is 32.1. The Hall–Kier alpha value is -2.25. The van der Waals surface area contributed by atoms with E-state index in [1.54, 1.807) is 30.5 Å². The van der Waals surface area contributed by atoms with Crippen molar-refractivity contribution in [1.29, 1.82) is 0 Å². The fourth-order valence-electron chi connectivity index (χ4n) is 3.77. The Bertz CT molecular complexity index is 849. The molecule has 1 amide bonds. The zero-order valence-electron chi connectivity index (χ0n) is 15.3. The van der Waals surface area contributed by atoms with Crippen LogP contribution in [0.2, 0.25) is 0 Å². The van der Waals surface area contributed by atoms with Crippen LogP contribution in [0.25, 0.3) is 0 Å². The number of likely N-dealkylation sites (N-methyl/N-ethyl adjacent to an activating group) is 1. The molecule has 138 valence electrons. The smallest absolute Gasteiger partial charge is 0.256 e. The number of rotatable bonds is 4. The number of carbonyl (C=O) groups is 1. The molecule has 26 heavy (non-hydrogen) atoms. The first-order valence-corrected chi connectivity index (χ1v) is 9.73. The van der Waals surface area contributed by atoms with E-state index in [1.807, 2.05) is 18.2 Å². The number of hydrogen-bond acceptors (Lipinski definition) is 5. The summed E-state index contributed by atoms with van der Waals surface area (Å²) in [5, 5.41) is 7.56. The summed E-state index contributed by atoms with van der Waals surface area (Å²) in [6, 6.07) is 5.61. The molecule has 1 aromatic carbocycles. The molecule has 3 heterocycles. The lowest BCUT2D eigenvalue weighted by atomic mass is 10.00. The number of methoxy groups -OCH3 is 2. The predicted molar refractivity (Wildman–Crippen MR) is 101 cm³/mol. The van der Waals surface area contributed by atoms with Crippen molar-refractivity contribution >= 4 is 22.2 Å². The van der Waals surface area contributed by atoms with Crippen LogP contribution >= 0.6 is 11.3 Å². The van der Waals surface area contributed by atoms with E-state index in [0.717, 1.165) is 53.7 Å². The van der Waals surface area contributed by atoms with Gasteiger partial charge >= 0.3 is 0 Å². The number of quaternary nitrogens is 1. The van der Waals surface area contributed by atoms with E-state index in [1.165, 1.54) is 10.4 Å². The van der Waals surface area contributed by atoms with Crippen molar-refractivity contribution in [1.82, 2.24) is 5.32 Å². The minimum atomic E-state index is -0.338. The van der Waals surface area contributed by atoms with Crippen molar-refractivity contribution in [3.63, 3.8) is 0 Å². The van der Waals surface area contributed by atoms with Crippen LogP contribution in [0.15, 0.2) is 18.2 Å². The van der Waals surface area contributed by atoms with Crippen molar-refractivity contribution in [2.24, 2.45) is 0 Å².